The zero-order valence-corrected chi connectivity index (χ0v) is 12.4. The summed E-state index contributed by atoms with van der Waals surface area (Å²) >= 11 is 9.48. The zero-order chi connectivity index (χ0) is 13.1. The SMILES string of the molecule is COc1ncc(C(C)Br)nc1-c1cccc(Cl)c1. The Hall–Kier alpha value is -1.13. The third-order valence-electron chi connectivity index (χ3n) is 2.46. The van der Waals surface area contributed by atoms with E-state index in [1.165, 1.54) is 0 Å². The van der Waals surface area contributed by atoms with E-state index in [9.17, 15) is 0 Å². The van der Waals surface area contributed by atoms with Crippen LogP contribution in [0.4, 0.5) is 0 Å². The van der Waals surface area contributed by atoms with Crippen molar-refractivity contribution in [2.24, 2.45) is 0 Å². The standard InChI is InChI=1S/C13H12BrClN2O/c1-8(14)11-7-16-13(18-2)12(17-11)9-4-3-5-10(15)6-9/h3-8H,1-2H3. The molecule has 0 aliphatic rings. The average molecular weight is 328 g/mol. The highest BCUT2D eigenvalue weighted by molar-refractivity contribution is 9.09. The molecular weight excluding hydrogens is 316 g/mol. The number of methoxy groups -OCH3 is 1. The highest BCUT2D eigenvalue weighted by atomic mass is 79.9. The number of nitrogens with zero attached hydrogens (tertiary/aromatic N) is 2. The summed E-state index contributed by atoms with van der Waals surface area (Å²) in [5.74, 6) is 0.495. The van der Waals surface area contributed by atoms with Gasteiger partial charge in [-0.25, -0.2) is 9.97 Å². The molecule has 3 nitrogen and oxygen atoms in total. The fourth-order valence-electron chi connectivity index (χ4n) is 1.56. The maximum absolute atomic E-state index is 5.99. The minimum absolute atomic E-state index is 0.133. The lowest BCUT2D eigenvalue weighted by Gasteiger charge is -2.10. The Balaban J connectivity index is 2.56. The summed E-state index contributed by atoms with van der Waals surface area (Å²) in [5.41, 5.74) is 2.44. The normalized spacial score (nSPS) is 12.2. The van der Waals surface area contributed by atoms with Crippen molar-refractivity contribution in [2.45, 2.75) is 11.8 Å². The number of hydrogen-bond donors (Lipinski definition) is 0. The van der Waals surface area contributed by atoms with Gasteiger partial charge >= 0.3 is 0 Å². The van der Waals surface area contributed by atoms with Crippen LogP contribution in [0.25, 0.3) is 11.3 Å². The molecule has 0 spiro atoms. The Morgan fingerprint density at radius 3 is 2.78 bits per heavy atom. The van der Waals surface area contributed by atoms with Crippen LogP contribution >= 0.6 is 27.5 Å². The molecule has 0 amide bonds. The average Bonchev–Trinajstić information content (AvgIpc) is 2.38. The summed E-state index contributed by atoms with van der Waals surface area (Å²) in [7, 11) is 1.58. The monoisotopic (exact) mass is 326 g/mol. The molecule has 1 heterocycles. The van der Waals surface area contributed by atoms with Gasteiger partial charge in [-0.1, -0.05) is 39.7 Å². The van der Waals surface area contributed by atoms with Crippen molar-refractivity contribution in [3.63, 3.8) is 0 Å². The molecule has 1 atom stereocenters. The molecule has 0 N–H and O–H groups in total. The molecule has 5 heteroatoms. The van der Waals surface area contributed by atoms with E-state index in [0.29, 0.717) is 16.6 Å². The molecule has 1 unspecified atom stereocenters. The molecule has 0 saturated heterocycles. The Morgan fingerprint density at radius 2 is 2.17 bits per heavy atom. The Kier molecular flexibility index (Phi) is 4.19. The number of aromatic nitrogens is 2. The van der Waals surface area contributed by atoms with E-state index >= 15 is 0 Å². The van der Waals surface area contributed by atoms with Gasteiger partial charge in [-0.2, -0.15) is 0 Å². The van der Waals surface area contributed by atoms with E-state index in [-0.39, 0.29) is 4.83 Å². The van der Waals surface area contributed by atoms with Crippen molar-refractivity contribution in [3.8, 4) is 17.1 Å². The second kappa shape index (κ2) is 5.67. The van der Waals surface area contributed by atoms with Crippen LogP contribution in [-0.2, 0) is 0 Å². The number of benzene rings is 1. The Labute approximate surface area is 119 Å². The van der Waals surface area contributed by atoms with Crippen molar-refractivity contribution in [1.29, 1.82) is 0 Å². The van der Waals surface area contributed by atoms with Crippen LogP contribution in [0.2, 0.25) is 5.02 Å². The summed E-state index contributed by atoms with van der Waals surface area (Å²) in [6, 6.07) is 7.48. The molecule has 2 rings (SSSR count). The number of hydrogen-bond acceptors (Lipinski definition) is 3. The number of rotatable bonds is 3. The van der Waals surface area contributed by atoms with Crippen LogP contribution in [-0.4, -0.2) is 17.1 Å². The second-order valence-corrected chi connectivity index (χ2v) is 5.59. The van der Waals surface area contributed by atoms with Gasteiger partial charge in [0.25, 0.3) is 0 Å². The lowest BCUT2D eigenvalue weighted by Crippen LogP contribution is -1.99. The van der Waals surface area contributed by atoms with Gasteiger partial charge in [0.1, 0.15) is 5.69 Å². The van der Waals surface area contributed by atoms with Gasteiger partial charge < -0.3 is 4.74 Å². The lowest BCUT2D eigenvalue weighted by atomic mass is 10.1. The summed E-state index contributed by atoms with van der Waals surface area (Å²) in [5, 5.41) is 0.661. The summed E-state index contributed by atoms with van der Waals surface area (Å²) in [6.45, 7) is 2.00. The fraction of sp³-hybridized carbons (Fsp3) is 0.231. The van der Waals surface area contributed by atoms with Crippen molar-refractivity contribution in [2.75, 3.05) is 7.11 Å². The first-order valence-electron chi connectivity index (χ1n) is 5.42. The minimum Gasteiger partial charge on any atom is -0.479 e. The highest BCUT2D eigenvalue weighted by Gasteiger charge is 2.13. The van der Waals surface area contributed by atoms with Gasteiger partial charge in [-0.15, -0.1) is 0 Å². The van der Waals surface area contributed by atoms with Crippen molar-refractivity contribution >= 4 is 27.5 Å². The van der Waals surface area contributed by atoms with Gasteiger partial charge in [0.15, 0.2) is 0 Å². The first kappa shape index (κ1) is 13.3. The van der Waals surface area contributed by atoms with E-state index in [4.69, 9.17) is 16.3 Å². The lowest BCUT2D eigenvalue weighted by molar-refractivity contribution is 0.397. The first-order valence-corrected chi connectivity index (χ1v) is 6.72. The molecule has 0 aliphatic heterocycles. The van der Waals surface area contributed by atoms with Crippen LogP contribution in [0.1, 0.15) is 17.4 Å². The van der Waals surface area contributed by atoms with Gasteiger partial charge in [0, 0.05) is 10.6 Å². The largest absolute Gasteiger partial charge is 0.479 e. The van der Waals surface area contributed by atoms with Gasteiger partial charge in [-0.3, -0.25) is 0 Å². The van der Waals surface area contributed by atoms with Crippen LogP contribution in [0, 0.1) is 0 Å². The molecule has 1 aromatic carbocycles. The molecule has 1 aromatic heterocycles. The third kappa shape index (κ3) is 2.82. The van der Waals surface area contributed by atoms with Crippen molar-refractivity contribution in [1.82, 2.24) is 9.97 Å². The Bertz CT molecular complexity index is 560. The van der Waals surface area contributed by atoms with Gasteiger partial charge in [-0.05, 0) is 19.1 Å². The molecule has 0 bridgehead atoms. The molecule has 0 fully saturated rings. The number of ether oxygens (including phenoxy) is 1. The van der Waals surface area contributed by atoms with E-state index in [1.54, 1.807) is 13.3 Å². The molecular formula is C13H12BrClN2O. The summed E-state index contributed by atoms with van der Waals surface area (Å²) in [6.07, 6.45) is 1.70. The summed E-state index contributed by atoms with van der Waals surface area (Å²) < 4.78 is 5.24. The number of halogens is 2. The second-order valence-electron chi connectivity index (χ2n) is 3.78. The predicted molar refractivity (Wildman–Crippen MR) is 76.4 cm³/mol. The molecule has 18 heavy (non-hydrogen) atoms. The zero-order valence-electron chi connectivity index (χ0n) is 10.0. The molecule has 0 radical (unpaired) electrons. The van der Waals surface area contributed by atoms with E-state index in [1.807, 2.05) is 31.2 Å². The van der Waals surface area contributed by atoms with Crippen LogP contribution in [0.3, 0.4) is 0 Å². The molecule has 94 valence electrons. The van der Waals surface area contributed by atoms with Crippen LogP contribution in [0.5, 0.6) is 5.88 Å². The predicted octanol–water partition coefficient (Wildman–Crippen LogP) is 4.26. The van der Waals surface area contributed by atoms with Gasteiger partial charge in [0.05, 0.1) is 23.8 Å². The fourth-order valence-corrected chi connectivity index (χ4v) is 1.97. The smallest absolute Gasteiger partial charge is 0.240 e. The third-order valence-corrected chi connectivity index (χ3v) is 3.16. The van der Waals surface area contributed by atoms with Crippen molar-refractivity contribution < 1.29 is 4.74 Å². The van der Waals surface area contributed by atoms with E-state index in [0.717, 1.165) is 11.3 Å². The minimum atomic E-state index is 0.133. The molecule has 0 aliphatic carbocycles. The van der Waals surface area contributed by atoms with Crippen molar-refractivity contribution in [3.05, 3.63) is 41.2 Å². The van der Waals surface area contributed by atoms with E-state index < -0.39 is 0 Å². The topological polar surface area (TPSA) is 35.0 Å². The van der Waals surface area contributed by atoms with E-state index in [2.05, 4.69) is 25.9 Å². The maximum atomic E-state index is 5.99. The Morgan fingerprint density at radius 1 is 1.39 bits per heavy atom. The van der Waals surface area contributed by atoms with Crippen LogP contribution in [0.15, 0.2) is 30.5 Å². The maximum Gasteiger partial charge on any atom is 0.240 e. The summed E-state index contributed by atoms with van der Waals surface area (Å²) in [4.78, 5) is 8.96. The molecule has 2 aromatic rings. The van der Waals surface area contributed by atoms with Crippen LogP contribution < -0.4 is 4.74 Å². The van der Waals surface area contributed by atoms with Gasteiger partial charge in [0.2, 0.25) is 5.88 Å². The highest BCUT2D eigenvalue weighted by Crippen LogP contribution is 2.30. The number of alkyl halides is 1. The first-order chi connectivity index (χ1) is 8.61. The quantitative estimate of drug-likeness (QED) is 0.790. The molecule has 0 saturated carbocycles.